The van der Waals surface area contributed by atoms with E-state index in [1.807, 2.05) is 52.8 Å². The van der Waals surface area contributed by atoms with Gasteiger partial charge in [-0.25, -0.2) is 0 Å². The van der Waals surface area contributed by atoms with Crippen LogP contribution in [0.25, 0.3) is 0 Å². The number of nitrogens with one attached hydrogen (secondary N) is 2. The average Bonchev–Trinajstić information content (AvgIpc) is 2.40. The van der Waals surface area contributed by atoms with Gasteiger partial charge in [0.25, 0.3) is 0 Å². The van der Waals surface area contributed by atoms with Gasteiger partial charge in [0.1, 0.15) is 0 Å². The smallest absolute Gasteiger partial charge is 0.234 e. The number of anilines is 1. The molecular weight excluding hydrogens is 344 g/mol. The van der Waals surface area contributed by atoms with E-state index in [2.05, 4.69) is 26.6 Å². The molecule has 1 atom stereocenters. The van der Waals surface area contributed by atoms with E-state index in [4.69, 9.17) is 0 Å². The van der Waals surface area contributed by atoms with Crippen LogP contribution in [-0.4, -0.2) is 23.2 Å². The Kier molecular flexibility index (Phi) is 6.60. The molecule has 0 fully saturated rings. The minimum Gasteiger partial charge on any atom is -0.355 e. The van der Waals surface area contributed by atoms with Crippen molar-refractivity contribution in [3.8, 4) is 0 Å². The molecule has 0 aliphatic rings. The molecule has 0 unspecified atom stereocenters. The highest BCUT2D eigenvalue weighted by Gasteiger charge is 2.28. The van der Waals surface area contributed by atoms with E-state index in [-0.39, 0.29) is 28.5 Å². The summed E-state index contributed by atoms with van der Waals surface area (Å²) in [5.74, 6) is -0.194. The Morgan fingerprint density at radius 1 is 1.23 bits per heavy atom. The number of carbonyl (C=O) groups is 2. The zero-order valence-electron chi connectivity index (χ0n) is 13.9. The molecule has 0 bridgehead atoms. The lowest BCUT2D eigenvalue weighted by Gasteiger charge is -2.24. The summed E-state index contributed by atoms with van der Waals surface area (Å²) >= 11 is 3.39. The number of halogens is 1. The first-order valence-corrected chi connectivity index (χ1v) is 8.31. The summed E-state index contributed by atoms with van der Waals surface area (Å²) < 4.78 is 0. The van der Waals surface area contributed by atoms with Crippen molar-refractivity contribution in [2.45, 2.75) is 45.9 Å². The second kappa shape index (κ2) is 7.77. The van der Waals surface area contributed by atoms with Gasteiger partial charge in [0.2, 0.25) is 11.8 Å². The number of hydrogen-bond donors (Lipinski definition) is 2. The van der Waals surface area contributed by atoms with Crippen molar-refractivity contribution in [2.75, 3.05) is 11.9 Å². The highest BCUT2D eigenvalue weighted by atomic mass is 79.9. The first-order chi connectivity index (χ1) is 10.1. The van der Waals surface area contributed by atoms with Crippen LogP contribution in [0.2, 0.25) is 0 Å². The van der Waals surface area contributed by atoms with Gasteiger partial charge in [0.05, 0.1) is 4.83 Å². The van der Waals surface area contributed by atoms with Gasteiger partial charge in [-0.2, -0.15) is 0 Å². The van der Waals surface area contributed by atoms with Crippen LogP contribution >= 0.6 is 15.9 Å². The average molecular weight is 369 g/mol. The predicted molar refractivity (Wildman–Crippen MR) is 94.3 cm³/mol. The molecule has 0 aromatic heterocycles. The highest BCUT2D eigenvalue weighted by molar-refractivity contribution is 9.10. The minimum absolute atomic E-state index is 0.0909. The van der Waals surface area contributed by atoms with Crippen LogP contribution in [0.5, 0.6) is 0 Å². The van der Waals surface area contributed by atoms with E-state index in [1.165, 1.54) is 0 Å². The number of amides is 2. The van der Waals surface area contributed by atoms with Crippen LogP contribution in [0.3, 0.4) is 0 Å². The van der Waals surface area contributed by atoms with E-state index in [9.17, 15) is 9.59 Å². The van der Waals surface area contributed by atoms with Crippen molar-refractivity contribution < 1.29 is 9.59 Å². The van der Waals surface area contributed by atoms with Crippen molar-refractivity contribution in [3.05, 3.63) is 29.3 Å². The molecule has 0 saturated heterocycles. The van der Waals surface area contributed by atoms with Crippen LogP contribution in [0, 0.1) is 19.3 Å². The fraction of sp³-hybridized carbons (Fsp3) is 0.529. The number of alkyl halides is 1. The molecule has 0 aliphatic heterocycles. The third-order valence-electron chi connectivity index (χ3n) is 3.30. The van der Waals surface area contributed by atoms with E-state index >= 15 is 0 Å². The summed E-state index contributed by atoms with van der Waals surface area (Å²) in [5, 5.41) is 5.65. The Bertz CT molecular complexity index is 550. The fourth-order valence-electron chi connectivity index (χ4n) is 1.95. The predicted octanol–water partition coefficient (Wildman–Crippen LogP) is 3.56. The second-order valence-electron chi connectivity index (χ2n) is 6.64. The second-order valence-corrected chi connectivity index (χ2v) is 7.55. The lowest BCUT2D eigenvalue weighted by molar-refractivity contribution is -0.122. The lowest BCUT2D eigenvalue weighted by atomic mass is 9.92. The van der Waals surface area contributed by atoms with Crippen molar-refractivity contribution in [3.63, 3.8) is 0 Å². The molecule has 4 nitrogen and oxygen atoms in total. The fourth-order valence-corrected chi connectivity index (χ4v) is 2.11. The molecule has 1 aromatic rings. The Morgan fingerprint density at radius 3 is 2.41 bits per heavy atom. The van der Waals surface area contributed by atoms with Gasteiger partial charge in [0, 0.05) is 18.7 Å². The van der Waals surface area contributed by atoms with Gasteiger partial charge in [-0.05, 0) is 30.9 Å². The maximum atomic E-state index is 11.9. The molecule has 1 aromatic carbocycles. The largest absolute Gasteiger partial charge is 0.355 e. The molecule has 122 valence electrons. The first kappa shape index (κ1) is 18.7. The van der Waals surface area contributed by atoms with Gasteiger partial charge < -0.3 is 10.6 Å². The molecule has 0 heterocycles. The van der Waals surface area contributed by atoms with Crippen LogP contribution in [0.15, 0.2) is 18.2 Å². The SMILES string of the molecule is Cc1ccc(NC(=O)CCNC(=O)[C@@H](Br)C(C)(C)C)c(C)c1. The Morgan fingerprint density at radius 2 is 1.86 bits per heavy atom. The number of benzene rings is 1. The molecule has 2 amide bonds. The number of carbonyl (C=O) groups excluding carboxylic acids is 2. The Hall–Kier alpha value is -1.36. The number of aryl methyl sites for hydroxylation is 2. The molecule has 1 rings (SSSR count). The van der Waals surface area contributed by atoms with Crippen molar-refractivity contribution in [1.82, 2.24) is 5.32 Å². The molecule has 22 heavy (non-hydrogen) atoms. The summed E-state index contributed by atoms with van der Waals surface area (Å²) in [6.45, 7) is 10.3. The summed E-state index contributed by atoms with van der Waals surface area (Å²) in [4.78, 5) is 23.6. The molecule has 0 aliphatic carbocycles. The lowest BCUT2D eigenvalue weighted by Crippen LogP contribution is -2.39. The van der Waals surface area contributed by atoms with E-state index < -0.39 is 0 Å². The normalized spacial score (nSPS) is 12.6. The minimum atomic E-state index is -0.276. The van der Waals surface area contributed by atoms with Crippen LogP contribution in [0.1, 0.15) is 38.3 Å². The molecule has 0 radical (unpaired) electrons. The van der Waals surface area contributed by atoms with Crippen molar-refractivity contribution >= 4 is 33.4 Å². The van der Waals surface area contributed by atoms with Gasteiger partial charge >= 0.3 is 0 Å². The molecule has 5 heteroatoms. The van der Waals surface area contributed by atoms with Crippen molar-refractivity contribution in [2.24, 2.45) is 5.41 Å². The topological polar surface area (TPSA) is 58.2 Å². The number of rotatable bonds is 5. The maximum absolute atomic E-state index is 11.9. The zero-order valence-corrected chi connectivity index (χ0v) is 15.5. The van der Waals surface area contributed by atoms with Crippen molar-refractivity contribution in [1.29, 1.82) is 0 Å². The summed E-state index contributed by atoms with van der Waals surface area (Å²) in [7, 11) is 0. The van der Waals surface area contributed by atoms with Gasteiger partial charge in [0.15, 0.2) is 0 Å². The van der Waals surface area contributed by atoms with Gasteiger partial charge in [-0.3, -0.25) is 9.59 Å². The third kappa shape index (κ3) is 5.79. The Balaban J connectivity index is 2.42. The monoisotopic (exact) mass is 368 g/mol. The van der Waals surface area contributed by atoms with Crippen LogP contribution in [-0.2, 0) is 9.59 Å². The molecule has 0 spiro atoms. The third-order valence-corrected chi connectivity index (χ3v) is 5.09. The van der Waals surface area contributed by atoms with Crippen LogP contribution in [0.4, 0.5) is 5.69 Å². The summed E-state index contributed by atoms with van der Waals surface area (Å²) in [5.41, 5.74) is 2.85. The number of hydrogen-bond acceptors (Lipinski definition) is 2. The first-order valence-electron chi connectivity index (χ1n) is 7.40. The van der Waals surface area contributed by atoms with Gasteiger partial charge in [-0.1, -0.05) is 54.4 Å². The Labute approximate surface area is 141 Å². The summed E-state index contributed by atoms with van der Waals surface area (Å²) in [6.07, 6.45) is 0.253. The quantitative estimate of drug-likeness (QED) is 0.780. The standard InChI is InChI=1S/C17H25BrN2O2/c1-11-6-7-13(12(2)10-11)20-14(21)8-9-19-16(22)15(18)17(3,4)5/h6-7,10,15H,8-9H2,1-5H3,(H,19,22)(H,20,21)/t15-/m1/s1. The molecular formula is C17H25BrN2O2. The van der Waals surface area contributed by atoms with E-state index in [0.29, 0.717) is 6.54 Å². The van der Waals surface area contributed by atoms with E-state index in [0.717, 1.165) is 16.8 Å². The molecule has 0 saturated carbocycles. The van der Waals surface area contributed by atoms with Gasteiger partial charge in [-0.15, -0.1) is 0 Å². The molecule has 2 N–H and O–H groups in total. The highest BCUT2D eigenvalue weighted by Crippen LogP contribution is 2.25. The van der Waals surface area contributed by atoms with Crippen LogP contribution < -0.4 is 10.6 Å². The summed E-state index contributed by atoms with van der Waals surface area (Å²) in [6, 6.07) is 5.88. The zero-order chi connectivity index (χ0) is 16.9. The maximum Gasteiger partial charge on any atom is 0.234 e. The van der Waals surface area contributed by atoms with E-state index in [1.54, 1.807) is 0 Å².